The maximum absolute atomic E-state index is 12.7. The average Bonchev–Trinajstić information content (AvgIpc) is 2.97. The van der Waals surface area contributed by atoms with Crippen molar-refractivity contribution in [2.45, 2.75) is 19.3 Å². The summed E-state index contributed by atoms with van der Waals surface area (Å²) >= 11 is 0. The Kier molecular flexibility index (Phi) is 5.97. The third-order valence-electron chi connectivity index (χ3n) is 5.05. The van der Waals surface area contributed by atoms with E-state index < -0.39 is 0 Å². The number of benzene rings is 2. The molecular weight excluding hydrogens is 334 g/mol. The number of carbonyl (C=O) groups excluding carboxylic acids is 1. The van der Waals surface area contributed by atoms with Crippen molar-refractivity contribution in [1.82, 2.24) is 14.8 Å². The van der Waals surface area contributed by atoms with Crippen LogP contribution in [-0.2, 0) is 11.8 Å². The second-order valence-corrected chi connectivity index (χ2v) is 7.53. The van der Waals surface area contributed by atoms with Gasteiger partial charge in [0.1, 0.15) is 0 Å². The van der Waals surface area contributed by atoms with Crippen LogP contribution in [-0.4, -0.2) is 42.6 Å². The molecule has 0 spiro atoms. The molecule has 27 heavy (non-hydrogen) atoms. The molecule has 2 aromatic carbocycles. The van der Waals surface area contributed by atoms with Crippen molar-refractivity contribution >= 4 is 16.8 Å². The van der Waals surface area contributed by atoms with Gasteiger partial charge >= 0.3 is 0 Å². The van der Waals surface area contributed by atoms with Gasteiger partial charge in [0.05, 0.1) is 0 Å². The van der Waals surface area contributed by atoms with Crippen molar-refractivity contribution in [3.8, 4) is 0 Å². The van der Waals surface area contributed by atoms with Crippen LogP contribution in [0.15, 0.2) is 54.7 Å². The molecule has 1 N–H and O–H groups in total. The predicted octanol–water partition coefficient (Wildman–Crippen LogP) is 3.69. The van der Waals surface area contributed by atoms with Crippen LogP contribution in [0, 0.1) is 6.92 Å². The lowest BCUT2D eigenvalue weighted by atomic mass is 9.87. The Balaban J connectivity index is 1.92. The molecule has 0 fully saturated rings. The summed E-state index contributed by atoms with van der Waals surface area (Å²) in [6.07, 6.45) is 2.62. The molecule has 0 aliphatic rings. The minimum absolute atomic E-state index is 0.0380. The van der Waals surface area contributed by atoms with E-state index in [0.717, 1.165) is 6.54 Å². The van der Waals surface area contributed by atoms with E-state index in [9.17, 15) is 4.79 Å². The molecule has 3 aromatic rings. The number of hydrogen-bond acceptors (Lipinski definition) is 2. The van der Waals surface area contributed by atoms with Gasteiger partial charge < -0.3 is 14.8 Å². The van der Waals surface area contributed by atoms with Crippen molar-refractivity contribution < 1.29 is 4.79 Å². The number of likely N-dealkylation sites (N-methyl/N-ethyl adjacent to an activating group) is 1. The molecule has 0 saturated heterocycles. The number of carbonyl (C=O) groups is 1. The quantitative estimate of drug-likeness (QED) is 0.695. The molecule has 1 aromatic heterocycles. The minimum atomic E-state index is 0.0380. The molecule has 4 nitrogen and oxygen atoms in total. The molecule has 0 saturated carbocycles. The third-order valence-corrected chi connectivity index (χ3v) is 5.05. The zero-order valence-electron chi connectivity index (χ0n) is 16.7. The van der Waals surface area contributed by atoms with Crippen LogP contribution in [0.25, 0.3) is 10.9 Å². The topological polar surface area (TPSA) is 37.3 Å². The third kappa shape index (κ3) is 4.58. The van der Waals surface area contributed by atoms with Crippen LogP contribution in [0.4, 0.5) is 0 Å². The summed E-state index contributed by atoms with van der Waals surface area (Å²) in [5.74, 6) is 0.131. The minimum Gasteiger partial charge on any atom is -0.355 e. The fourth-order valence-corrected chi connectivity index (χ4v) is 3.53. The van der Waals surface area contributed by atoms with Crippen LogP contribution in [0.3, 0.4) is 0 Å². The maximum Gasteiger partial charge on any atom is 0.220 e. The van der Waals surface area contributed by atoms with Gasteiger partial charge in [0.2, 0.25) is 5.91 Å². The lowest BCUT2D eigenvalue weighted by Crippen LogP contribution is -2.32. The largest absolute Gasteiger partial charge is 0.355 e. The molecule has 3 rings (SSSR count). The van der Waals surface area contributed by atoms with Crippen molar-refractivity contribution in [3.63, 3.8) is 0 Å². The Morgan fingerprint density at radius 2 is 1.81 bits per heavy atom. The van der Waals surface area contributed by atoms with Crippen LogP contribution in [0.5, 0.6) is 0 Å². The van der Waals surface area contributed by atoms with Crippen molar-refractivity contribution in [3.05, 3.63) is 71.4 Å². The van der Waals surface area contributed by atoms with Gasteiger partial charge in [-0.3, -0.25) is 4.79 Å². The highest BCUT2D eigenvalue weighted by Crippen LogP contribution is 2.34. The SMILES string of the molecule is Cc1ccc([C@@H](CC(=O)NCCN(C)C)c2cn(C)c3ccccc23)cc1. The first-order chi connectivity index (χ1) is 13.0. The monoisotopic (exact) mass is 363 g/mol. The summed E-state index contributed by atoms with van der Waals surface area (Å²) in [5, 5.41) is 4.28. The molecule has 4 heteroatoms. The number of amides is 1. The van der Waals surface area contributed by atoms with Crippen molar-refractivity contribution in [1.29, 1.82) is 0 Å². The molecule has 0 aliphatic carbocycles. The maximum atomic E-state index is 12.7. The second kappa shape index (κ2) is 8.40. The van der Waals surface area contributed by atoms with Crippen molar-refractivity contribution in [2.24, 2.45) is 7.05 Å². The Morgan fingerprint density at radius 1 is 1.11 bits per heavy atom. The molecule has 1 amide bonds. The molecule has 142 valence electrons. The highest BCUT2D eigenvalue weighted by Gasteiger charge is 2.22. The number of rotatable bonds is 7. The van der Waals surface area contributed by atoms with E-state index in [1.54, 1.807) is 0 Å². The van der Waals surface area contributed by atoms with Crippen LogP contribution >= 0.6 is 0 Å². The van der Waals surface area contributed by atoms with Crippen LogP contribution in [0.1, 0.15) is 29.0 Å². The summed E-state index contributed by atoms with van der Waals surface area (Å²) in [6.45, 7) is 3.60. The Bertz CT molecular complexity index is 909. The Labute approximate surface area is 161 Å². The number of hydrogen-bond donors (Lipinski definition) is 1. The van der Waals surface area contributed by atoms with Gasteiger partial charge in [-0.2, -0.15) is 0 Å². The summed E-state index contributed by atoms with van der Waals surface area (Å²) in [4.78, 5) is 14.7. The fraction of sp³-hybridized carbons (Fsp3) is 0.348. The zero-order valence-corrected chi connectivity index (χ0v) is 16.7. The zero-order chi connectivity index (χ0) is 19.4. The lowest BCUT2D eigenvalue weighted by molar-refractivity contribution is -0.121. The van der Waals surface area contributed by atoms with E-state index in [2.05, 4.69) is 83.5 Å². The normalized spacial score (nSPS) is 12.5. The van der Waals surface area contributed by atoms with Crippen LogP contribution < -0.4 is 5.32 Å². The first-order valence-electron chi connectivity index (χ1n) is 9.47. The van der Waals surface area contributed by atoms with Gasteiger partial charge in [0.25, 0.3) is 0 Å². The second-order valence-electron chi connectivity index (χ2n) is 7.53. The van der Waals surface area contributed by atoms with Gasteiger partial charge in [0, 0.05) is 49.6 Å². The van der Waals surface area contributed by atoms with E-state index >= 15 is 0 Å². The number of aryl methyl sites for hydroxylation is 2. The smallest absolute Gasteiger partial charge is 0.220 e. The molecule has 0 unspecified atom stereocenters. The number of para-hydroxylation sites is 1. The number of fused-ring (bicyclic) bond motifs is 1. The summed E-state index contributed by atoms with van der Waals surface area (Å²) in [5.41, 5.74) is 4.81. The highest BCUT2D eigenvalue weighted by atomic mass is 16.1. The van der Waals surface area contributed by atoms with Gasteiger partial charge in [-0.25, -0.2) is 0 Å². The van der Waals surface area contributed by atoms with Gasteiger partial charge in [-0.15, -0.1) is 0 Å². The lowest BCUT2D eigenvalue weighted by Gasteiger charge is -2.18. The fourth-order valence-electron chi connectivity index (χ4n) is 3.53. The molecule has 1 atom stereocenters. The van der Waals surface area contributed by atoms with Crippen LogP contribution in [0.2, 0.25) is 0 Å². The number of nitrogens with one attached hydrogen (secondary N) is 1. The van der Waals surface area contributed by atoms with E-state index in [4.69, 9.17) is 0 Å². The Morgan fingerprint density at radius 3 is 2.52 bits per heavy atom. The van der Waals surface area contributed by atoms with E-state index in [-0.39, 0.29) is 11.8 Å². The van der Waals surface area contributed by atoms with E-state index in [1.807, 2.05) is 14.1 Å². The van der Waals surface area contributed by atoms with Gasteiger partial charge in [-0.1, -0.05) is 48.0 Å². The standard InChI is InChI=1S/C23H29N3O/c1-17-9-11-18(12-10-17)20(15-23(27)24-13-14-25(2)3)21-16-26(4)22-8-6-5-7-19(21)22/h5-12,16,20H,13-15H2,1-4H3,(H,24,27)/t20-/m1/s1. The summed E-state index contributed by atoms with van der Waals surface area (Å²) in [6, 6.07) is 16.9. The first-order valence-corrected chi connectivity index (χ1v) is 9.47. The molecule has 0 bridgehead atoms. The first kappa shape index (κ1) is 19.2. The van der Waals surface area contributed by atoms with Gasteiger partial charge in [-0.05, 0) is 38.2 Å². The van der Waals surface area contributed by atoms with E-state index in [1.165, 1.54) is 27.6 Å². The van der Waals surface area contributed by atoms with Crippen molar-refractivity contribution in [2.75, 3.05) is 27.2 Å². The summed E-state index contributed by atoms with van der Waals surface area (Å²) < 4.78 is 2.15. The molecule has 1 heterocycles. The van der Waals surface area contributed by atoms with Gasteiger partial charge in [0.15, 0.2) is 0 Å². The molecule has 0 radical (unpaired) electrons. The van der Waals surface area contributed by atoms with E-state index in [0.29, 0.717) is 13.0 Å². The number of nitrogens with zero attached hydrogens (tertiary/aromatic N) is 2. The average molecular weight is 364 g/mol. The molecule has 0 aliphatic heterocycles. The highest BCUT2D eigenvalue weighted by molar-refractivity contribution is 5.86. The Hall–Kier alpha value is -2.59. The molecular formula is C23H29N3O. The number of aromatic nitrogens is 1. The summed E-state index contributed by atoms with van der Waals surface area (Å²) in [7, 11) is 6.09. The predicted molar refractivity (Wildman–Crippen MR) is 112 cm³/mol.